The first-order valence-electron chi connectivity index (χ1n) is 6.25. The molecule has 6 heteroatoms. The molecule has 2 rings (SSSR count). The summed E-state index contributed by atoms with van der Waals surface area (Å²) >= 11 is 1.65. The molecule has 17 heavy (non-hydrogen) atoms. The highest BCUT2D eigenvalue weighted by atomic mass is 32.1. The summed E-state index contributed by atoms with van der Waals surface area (Å²) in [5, 5.41) is 13.9. The van der Waals surface area contributed by atoms with Crippen LogP contribution in [0.4, 0.5) is 0 Å². The fourth-order valence-corrected chi connectivity index (χ4v) is 2.69. The fraction of sp³-hybridized carbons (Fsp3) is 0.727. The molecule has 0 bridgehead atoms. The Hall–Kier alpha value is -1.01. The second kappa shape index (κ2) is 6.07. The Kier molecular flexibility index (Phi) is 4.44. The summed E-state index contributed by atoms with van der Waals surface area (Å²) in [5.74, 6) is 0.950. The first kappa shape index (κ1) is 12.4. The van der Waals surface area contributed by atoms with Crippen molar-refractivity contribution in [2.24, 2.45) is 5.73 Å². The van der Waals surface area contributed by atoms with Gasteiger partial charge in [-0.15, -0.1) is 10.2 Å². The maximum absolute atomic E-state index is 5.46. The van der Waals surface area contributed by atoms with Gasteiger partial charge < -0.3 is 5.73 Å². The molecule has 0 spiro atoms. The molecule has 2 aromatic heterocycles. The quantitative estimate of drug-likeness (QED) is 0.764. The number of hydrogen-bond acceptors (Lipinski definition) is 5. The molecule has 0 unspecified atom stereocenters. The lowest BCUT2D eigenvalue weighted by Crippen LogP contribution is -1.98. The molecule has 2 N–H and O–H groups in total. The van der Waals surface area contributed by atoms with Crippen LogP contribution in [0.1, 0.15) is 43.4 Å². The van der Waals surface area contributed by atoms with Crippen LogP contribution >= 0.6 is 11.3 Å². The van der Waals surface area contributed by atoms with E-state index in [2.05, 4.69) is 22.2 Å². The van der Waals surface area contributed by atoms with Crippen LogP contribution < -0.4 is 5.73 Å². The van der Waals surface area contributed by atoms with E-state index in [1.54, 1.807) is 11.3 Å². The lowest BCUT2D eigenvalue weighted by Gasteiger charge is -1.97. The van der Waals surface area contributed by atoms with Gasteiger partial charge in [0.25, 0.3) is 0 Å². The van der Waals surface area contributed by atoms with Crippen LogP contribution in [0.25, 0.3) is 4.96 Å². The molecule has 0 saturated heterocycles. The zero-order valence-electron chi connectivity index (χ0n) is 10.2. The van der Waals surface area contributed by atoms with E-state index in [4.69, 9.17) is 5.73 Å². The van der Waals surface area contributed by atoms with E-state index in [9.17, 15) is 0 Å². The Bertz CT molecular complexity index is 461. The van der Waals surface area contributed by atoms with Gasteiger partial charge in [-0.3, -0.25) is 0 Å². The number of nitrogens with two attached hydrogens (primary N) is 1. The third-order valence-corrected chi connectivity index (χ3v) is 3.72. The molecule has 0 saturated carbocycles. The highest BCUT2D eigenvalue weighted by molar-refractivity contribution is 7.16. The van der Waals surface area contributed by atoms with Crippen LogP contribution in [0.2, 0.25) is 0 Å². The normalized spacial score (nSPS) is 11.4. The molecule has 2 heterocycles. The minimum Gasteiger partial charge on any atom is -0.330 e. The molecular weight excluding hydrogens is 234 g/mol. The van der Waals surface area contributed by atoms with Crippen LogP contribution in [0.5, 0.6) is 0 Å². The van der Waals surface area contributed by atoms with Gasteiger partial charge in [0, 0.05) is 12.8 Å². The largest absolute Gasteiger partial charge is 0.330 e. The highest BCUT2D eigenvalue weighted by Gasteiger charge is 2.09. The van der Waals surface area contributed by atoms with Crippen molar-refractivity contribution in [2.75, 3.05) is 6.54 Å². The van der Waals surface area contributed by atoms with Gasteiger partial charge in [-0.1, -0.05) is 31.1 Å². The van der Waals surface area contributed by atoms with E-state index in [1.165, 1.54) is 19.3 Å². The van der Waals surface area contributed by atoms with Crippen molar-refractivity contribution < 1.29 is 0 Å². The SMILES string of the molecule is CCc1nnc2sc(CCCCCCN)nn12. The predicted molar refractivity (Wildman–Crippen MR) is 69.3 cm³/mol. The number of unbranched alkanes of at least 4 members (excludes halogenated alkanes) is 3. The summed E-state index contributed by atoms with van der Waals surface area (Å²) in [6, 6.07) is 0. The molecule has 0 aliphatic rings. The van der Waals surface area contributed by atoms with Crippen molar-refractivity contribution in [3.05, 3.63) is 10.8 Å². The Morgan fingerprint density at radius 2 is 2.00 bits per heavy atom. The van der Waals surface area contributed by atoms with Crippen molar-refractivity contribution in [1.82, 2.24) is 19.8 Å². The molecule has 0 aliphatic carbocycles. The van der Waals surface area contributed by atoms with Crippen LogP contribution in [-0.2, 0) is 12.8 Å². The zero-order chi connectivity index (χ0) is 12.1. The molecular formula is C11H19N5S. The van der Waals surface area contributed by atoms with E-state index >= 15 is 0 Å². The third-order valence-electron chi connectivity index (χ3n) is 2.76. The average Bonchev–Trinajstić information content (AvgIpc) is 2.88. The molecule has 0 amide bonds. The molecule has 0 aliphatic heterocycles. The van der Waals surface area contributed by atoms with Gasteiger partial charge in [0.1, 0.15) is 5.01 Å². The molecule has 2 aromatic rings. The van der Waals surface area contributed by atoms with Crippen molar-refractivity contribution >= 4 is 16.3 Å². The zero-order valence-corrected chi connectivity index (χ0v) is 11.0. The minimum atomic E-state index is 0.802. The first-order chi connectivity index (χ1) is 8.35. The van der Waals surface area contributed by atoms with Crippen LogP contribution in [0.15, 0.2) is 0 Å². The maximum atomic E-state index is 5.46. The average molecular weight is 253 g/mol. The van der Waals surface area contributed by atoms with Crippen LogP contribution in [0, 0.1) is 0 Å². The summed E-state index contributed by atoms with van der Waals surface area (Å²) < 4.78 is 1.87. The highest BCUT2D eigenvalue weighted by Crippen LogP contribution is 2.16. The Balaban J connectivity index is 1.88. The van der Waals surface area contributed by atoms with E-state index in [1.807, 2.05) is 4.52 Å². The smallest absolute Gasteiger partial charge is 0.234 e. The summed E-state index contributed by atoms with van der Waals surface area (Å²) in [5.41, 5.74) is 5.46. The number of aryl methyl sites for hydroxylation is 2. The van der Waals surface area contributed by atoms with Crippen molar-refractivity contribution in [1.29, 1.82) is 0 Å². The molecule has 0 radical (unpaired) electrons. The third kappa shape index (κ3) is 3.01. The molecule has 5 nitrogen and oxygen atoms in total. The number of nitrogens with zero attached hydrogens (tertiary/aromatic N) is 4. The van der Waals surface area contributed by atoms with E-state index in [0.717, 1.165) is 41.6 Å². The summed E-state index contributed by atoms with van der Waals surface area (Å²) in [4.78, 5) is 0.916. The van der Waals surface area contributed by atoms with E-state index in [-0.39, 0.29) is 0 Å². The van der Waals surface area contributed by atoms with Crippen LogP contribution in [0.3, 0.4) is 0 Å². The molecule has 0 atom stereocenters. The fourth-order valence-electron chi connectivity index (χ4n) is 1.79. The molecule has 94 valence electrons. The number of aromatic nitrogens is 4. The predicted octanol–water partition coefficient (Wildman–Crippen LogP) is 1.81. The summed E-state index contributed by atoms with van der Waals surface area (Å²) in [6.45, 7) is 2.87. The van der Waals surface area contributed by atoms with Crippen LogP contribution in [-0.4, -0.2) is 26.4 Å². The number of rotatable bonds is 7. The molecule has 0 fully saturated rings. The standard InChI is InChI=1S/C11H19N5S/c1-2-9-13-14-11-16(9)15-10(17-11)7-5-3-4-6-8-12/h2-8,12H2,1H3. The summed E-state index contributed by atoms with van der Waals surface area (Å²) in [7, 11) is 0. The van der Waals surface area contributed by atoms with Gasteiger partial charge in [-0.05, 0) is 19.4 Å². The van der Waals surface area contributed by atoms with Gasteiger partial charge in [0.15, 0.2) is 5.82 Å². The lowest BCUT2D eigenvalue weighted by molar-refractivity contribution is 0.641. The van der Waals surface area contributed by atoms with E-state index < -0.39 is 0 Å². The Morgan fingerprint density at radius 3 is 2.76 bits per heavy atom. The second-order valence-corrected chi connectivity index (χ2v) is 5.15. The van der Waals surface area contributed by atoms with Gasteiger partial charge >= 0.3 is 0 Å². The Morgan fingerprint density at radius 1 is 1.18 bits per heavy atom. The van der Waals surface area contributed by atoms with E-state index in [0.29, 0.717) is 0 Å². The number of hydrogen-bond donors (Lipinski definition) is 1. The maximum Gasteiger partial charge on any atom is 0.234 e. The number of fused-ring (bicyclic) bond motifs is 1. The van der Waals surface area contributed by atoms with Crippen molar-refractivity contribution in [3.63, 3.8) is 0 Å². The van der Waals surface area contributed by atoms with Gasteiger partial charge in [0.2, 0.25) is 4.96 Å². The minimum absolute atomic E-state index is 0.802. The van der Waals surface area contributed by atoms with Crippen molar-refractivity contribution in [2.45, 2.75) is 45.4 Å². The van der Waals surface area contributed by atoms with Gasteiger partial charge in [-0.25, -0.2) is 0 Å². The Labute approximate surface area is 105 Å². The summed E-state index contributed by atoms with van der Waals surface area (Å²) in [6.07, 6.45) is 6.69. The molecule has 0 aromatic carbocycles. The monoisotopic (exact) mass is 253 g/mol. The van der Waals surface area contributed by atoms with Gasteiger partial charge in [0.05, 0.1) is 0 Å². The van der Waals surface area contributed by atoms with Crippen molar-refractivity contribution in [3.8, 4) is 0 Å². The topological polar surface area (TPSA) is 69.1 Å². The lowest BCUT2D eigenvalue weighted by atomic mass is 10.1. The first-order valence-corrected chi connectivity index (χ1v) is 7.07. The van der Waals surface area contributed by atoms with Gasteiger partial charge in [-0.2, -0.15) is 9.61 Å². The second-order valence-electron chi connectivity index (χ2n) is 4.11.